The van der Waals surface area contributed by atoms with Gasteiger partial charge in [-0.05, 0) is 48.9 Å². The lowest BCUT2D eigenvalue weighted by molar-refractivity contribution is -0.120. The highest BCUT2D eigenvalue weighted by atomic mass is 35.5. The molecule has 29 heavy (non-hydrogen) atoms. The maximum atomic E-state index is 13.1. The van der Waals surface area contributed by atoms with E-state index in [1.165, 1.54) is 22.5 Å². The van der Waals surface area contributed by atoms with Crippen LogP contribution in [0.25, 0.3) is 0 Å². The van der Waals surface area contributed by atoms with Gasteiger partial charge in [-0.15, -0.1) is 0 Å². The number of sulfonamides is 1. The van der Waals surface area contributed by atoms with Crippen molar-refractivity contribution in [3.63, 3.8) is 0 Å². The molecule has 0 saturated carbocycles. The average Bonchev–Trinajstić information content (AvgIpc) is 2.64. The minimum atomic E-state index is -3.86. The number of hydrogen-bond acceptors (Lipinski definition) is 4. The third kappa shape index (κ3) is 5.35. The zero-order valence-corrected chi connectivity index (χ0v) is 18.3. The number of nitrogens with zero attached hydrogens (tertiary/aromatic N) is 1. The van der Waals surface area contributed by atoms with Gasteiger partial charge in [0.05, 0.1) is 5.02 Å². The number of nitrogens with two attached hydrogens (primary N) is 1. The van der Waals surface area contributed by atoms with Gasteiger partial charge in [0.2, 0.25) is 15.9 Å². The zero-order valence-electron chi connectivity index (χ0n) is 15.2. The molecule has 0 unspecified atom stereocenters. The minimum Gasteiger partial charge on any atom is -0.490 e. The SMILES string of the molecule is NC(=O)C[C@H]1CN(S(=O)(=O)c2ccc(Cl)cc2Cl)CC[C@@H]1Oc1ccc(Cl)cc1. The lowest BCUT2D eigenvalue weighted by Gasteiger charge is -2.37. The number of rotatable bonds is 6. The van der Waals surface area contributed by atoms with Gasteiger partial charge in [-0.1, -0.05) is 34.8 Å². The van der Waals surface area contributed by atoms with Crippen LogP contribution < -0.4 is 10.5 Å². The van der Waals surface area contributed by atoms with E-state index in [0.29, 0.717) is 22.2 Å². The van der Waals surface area contributed by atoms with Gasteiger partial charge >= 0.3 is 0 Å². The summed E-state index contributed by atoms with van der Waals surface area (Å²) in [5.41, 5.74) is 5.39. The van der Waals surface area contributed by atoms with Crippen molar-refractivity contribution in [3.8, 4) is 5.75 Å². The monoisotopic (exact) mass is 476 g/mol. The molecule has 1 heterocycles. The van der Waals surface area contributed by atoms with Gasteiger partial charge in [0, 0.05) is 35.5 Å². The number of piperidine rings is 1. The molecule has 1 aliphatic rings. The molecule has 156 valence electrons. The Labute approximate surface area is 184 Å². The molecule has 10 heteroatoms. The Balaban J connectivity index is 1.81. The van der Waals surface area contributed by atoms with Crippen molar-refractivity contribution in [2.45, 2.75) is 23.8 Å². The van der Waals surface area contributed by atoms with E-state index in [9.17, 15) is 13.2 Å². The average molecular weight is 478 g/mol. The summed E-state index contributed by atoms with van der Waals surface area (Å²) in [4.78, 5) is 11.5. The van der Waals surface area contributed by atoms with Crippen LogP contribution in [0, 0.1) is 5.92 Å². The third-order valence-electron chi connectivity index (χ3n) is 4.70. The first-order chi connectivity index (χ1) is 13.7. The van der Waals surface area contributed by atoms with Crippen LogP contribution in [0.1, 0.15) is 12.8 Å². The quantitative estimate of drug-likeness (QED) is 0.681. The molecule has 6 nitrogen and oxygen atoms in total. The molecule has 1 fully saturated rings. The first kappa shape index (κ1) is 22.2. The van der Waals surface area contributed by atoms with Gasteiger partial charge in [-0.3, -0.25) is 4.79 Å². The van der Waals surface area contributed by atoms with Crippen molar-refractivity contribution < 1.29 is 17.9 Å². The second-order valence-electron chi connectivity index (χ2n) is 6.77. The van der Waals surface area contributed by atoms with Crippen LogP contribution in [0.3, 0.4) is 0 Å². The molecule has 2 aromatic rings. The summed E-state index contributed by atoms with van der Waals surface area (Å²) in [5.74, 6) is -0.341. The smallest absolute Gasteiger partial charge is 0.244 e. The fourth-order valence-electron chi connectivity index (χ4n) is 3.32. The molecule has 1 amide bonds. The number of halogens is 3. The Morgan fingerprint density at radius 2 is 1.76 bits per heavy atom. The van der Waals surface area contributed by atoms with Gasteiger partial charge in [0.1, 0.15) is 16.7 Å². The minimum absolute atomic E-state index is 0.00136. The molecule has 1 saturated heterocycles. The Morgan fingerprint density at radius 3 is 2.38 bits per heavy atom. The molecule has 1 aliphatic heterocycles. The van der Waals surface area contributed by atoms with Crippen molar-refractivity contribution in [2.75, 3.05) is 13.1 Å². The molecular weight excluding hydrogens is 459 g/mol. The van der Waals surface area contributed by atoms with E-state index < -0.39 is 21.8 Å². The van der Waals surface area contributed by atoms with E-state index in [1.807, 2.05) is 0 Å². The van der Waals surface area contributed by atoms with Crippen LogP contribution in [0.5, 0.6) is 5.75 Å². The molecule has 0 aromatic heterocycles. The van der Waals surface area contributed by atoms with Crippen molar-refractivity contribution in [1.29, 1.82) is 0 Å². The van der Waals surface area contributed by atoms with Gasteiger partial charge in [0.25, 0.3) is 0 Å². The molecular formula is C19H19Cl3N2O4S. The maximum absolute atomic E-state index is 13.1. The van der Waals surface area contributed by atoms with Crippen molar-refractivity contribution in [3.05, 3.63) is 57.5 Å². The molecule has 2 aromatic carbocycles. The highest BCUT2D eigenvalue weighted by Crippen LogP contribution is 2.32. The van der Waals surface area contributed by atoms with E-state index in [2.05, 4.69) is 0 Å². The van der Waals surface area contributed by atoms with E-state index in [4.69, 9.17) is 45.3 Å². The molecule has 0 aliphatic carbocycles. The number of carbonyl (C=O) groups excluding carboxylic acids is 1. The molecule has 2 atom stereocenters. The Bertz CT molecular complexity index is 999. The third-order valence-corrected chi connectivity index (χ3v) is 7.54. The van der Waals surface area contributed by atoms with Crippen molar-refractivity contribution >= 4 is 50.7 Å². The number of primary amides is 1. The first-order valence-electron chi connectivity index (χ1n) is 8.82. The van der Waals surface area contributed by atoms with Crippen molar-refractivity contribution in [2.24, 2.45) is 11.7 Å². The van der Waals surface area contributed by atoms with E-state index in [-0.39, 0.29) is 35.5 Å². The number of benzene rings is 2. The van der Waals surface area contributed by atoms with Crippen LogP contribution in [0.2, 0.25) is 15.1 Å². The van der Waals surface area contributed by atoms with Gasteiger partial charge in [-0.25, -0.2) is 8.42 Å². The molecule has 3 rings (SSSR count). The van der Waals surface area contributed by atoms with Crippen molar-refractivity contribution in [1.82, 2.24) is 4.31 Å². The predicted octanol–water partition coefficient (Wildman–Crippen LogP) is 3.98. The summed E-state index contributed by atoms with van der Waals surface area (Å²) in [5, 5.41) is 0.964. The number of hydrogen-bond donors (Lipinski definition) is 1. The summed E-state index contributed by atoms with van der Waals surface area (Å²) >= 11 is 17.9. The summed E-state index contributed by atoms with van der Waals surface area (Å²) in [6, 6.07) is 11.1. The Morgan fingerprint density at radius 1 is 1.10 bits per heavy atom. The number of ether oxygens (including phenoxy) is 1. The Hall–Kier alpha value is -1.51. The van der Waals surface area contributed by atoms with Gasteiger partial charge in [-0.2, -0.15) is 4.31 Å². The second-order valence-corrected chi connectivity index (χ2v) is 9.95. The standard InChI is InChI=1S/C19H19Cl3N2O4S/c20-13-1-4-15(5-2-13)28-17-7-8-24(11-12(17)9-19(23)25)29(26,27)18-6-3-14(21)10-16(18)22/h1-6,10,12,17H,7-9,11H2,(H2,23,25)/t12-,17-/m0/s1. The van der Waals surface area contributed by atoms with E-state index in [0.717, 1.165) is 0 Å². The maximum Gasteiger partial charge on any atom is 0.244 e. The second kappa shape index (κ2) is 9.10. The fourth-order valence-corrected chi connectivity index (χ4v) is 5.70. The number of carbonyl (C=O) groups is 1. The summed E-state index contributed by atoms with van der Waals surface area (Å²) in [6.45, 7) is 0.303. The largest absolute Gasteiger partial charge is 0.490 e. The van der Waals surface area contributed by atoms with Crippen LogP contribution >= 0.6 is 34.8 Å². The van der Waals surface area contributed by atoms with Crippen LogP contribution in [-0.2, 0) is 14.8 Å². The van der Waals surface area contributed by atoms with E-state index >= 15 is 0 Å². The summed E-state index contributed by atoms with van der Waals surface area (Å²) in [6.07, 6.45) is 0.0275. The number of amides is 1. The normalized spacial score (nSPS) is 20.4. The highest BCUT2D eigenvalue weighted by Gasteiger charge is 2.38. The lowest BCUT2D eigenvalue weighted by Crippen LogP contribution is -2.48. The molecule has 0 spiro atoms. The van der Waals surface area contributed by atoms with E-state index in [1.54, 1.807) is 24.3 Å². The van der Waals surface area contributed by atoms with Crippen LogP contribution in [0.15, 0.2) is 47.4 Å². The Kier molecular flexibility index (Phi) is 6.96. The van der Waals surface area contributed by atoms with Crippen LogP contribution in [-0.4, -0.2) is 37.8 Å². The lowest BCUT2D eigenvalue weighted by atomic mass is 9.92. The molecule has 2 N–H and O–H groups in total. The molecule has 0 radical (unpaired) electrons. The molecule has 0 bridgehead atoms. The predicted molar refractivity (Wildman–Crippen MR) is 113 cm³/mol. The topological polar surface area (TPSA) is 89.7 Å². The zero-order chi connectivity index (χ0) is 21.2. The first-order valence-corrected chi connectivity index (χ1v) is 11.4. The highest BCUT2D eigenvalue weighted by molar-refractivity contribution is 7.89. The fraction of sp³-hybridized carbons (Fsp3) is 0.316. The summed E-state index contributed by atoms with van der Waals surface area (Å²) in [7, 11) is -3.86. The van der Waals surface area contributed by atoms with Gasteiger partial charge < -0.3 is 10.5 Å². The van der Waals surface area contributed by atoms with Crippen LogP contribution in [0.4, 0.5) is 0 Å². The van der Waals surface area contributed by atoms with Gasteiger partial charge in [0.15, 0.2) is 0 Å². The summed E-state index contributed by atoms with van der Waals surface area (Å²) < 4.78 is 33.5.